The number of carbonyl (C=O) groups is 1. The topological polar surface area (TPSA) is 93.8 Å². The highest BCUT2D eigenvalue weighted by molar-refractivity contribution is 6.01. The van der Waals surface area contributed by atoms with Crippen LogP contribution in [0.25, 0.3) is 0 Å². The first-order chi connectivity index (χ1) is 6.86. The first kappa shape index (κ1) is 8.30. The fourth-order valence-electron chi connectivity index (χ4n) is 0.794. The molecule has 0 aromatic carbocycles. The lowest BCUT2D eigenvalue weighted by Gasteiger charge is -1.97. The van der Waals surface area contributed by atoms with E-state index >= 15 is 0 Å². The summed E-state index contributed by atoms with van der Waals surface area (Å²) in [5.74, 6) is -0.252. The summed E-state index contributed by atoms with van der Waals surface area (Å²) in [5.41, 5.74) is 0.0810. The maximum atomic E-state index is 11.3. The highest BCUT2D eigenvalue weighted by atomic mass is 16.6. The molecule has 0 unspecified atom stereocenters. The maximum absolute atomic E-state index is 11.3. The van der Waals surface area contributed by atoms with Crippen molar-refractivity contribution >= 4 is 11.9 Å². The molecule has 0 spiro atoms. The van der Waals surface area contributed by atoms with Crippen molar-refractivity contribution < 1.29 is 9.42 Å². The van der Waals surface area contributed by atoms with E-state index in [1.807, 2.05) is 0 Å². The molecule has 14 heavy (non-hydrogen) atoms. The number of hydrogen-bond donors (Lipinski definition) is 1. The molecule has 70 valence electrons. The van der Waals surface area contributed by atoms with Gasteiger partial charge in [0.25, 0.3) is 5.91 Å². The molecule has 7 heteroatoms. The minimum atomic E-state index is -0.461. The molecule has 0 radical (unpaired) electrons. The minimum Gasteiger partial charge on any atom is -0.289 e. The Hall–Kier alpha value is -2.31. The van der Waals surface area contributed by atoms with Gasteiger partial charge in [-0.2, -0.15) is 0 Å². The average Bonchev–Trinajstić information content (AvgIpc) is 2.72. The summed E-state index contributed by atoms with van der Waals surface area (Å²) in [5, 5.41) is 9.08. The third-order valence-corrected chi connectivity index (χ3v) is 1.39. The molecule has 1 N–H and O–H groups in total. The van der Waals surface area contributed by atoms with E-state index < -0.39 is 5.91 Å². The molecule has 2 heterocycles. The normalized spacial score (nSPS) is 9.71. The van der Waals surface area contributed by atoms with Gasteiger partial charge in [-0.15, -0.1) is 0 Å². The van der Waals surface area contributed by atoms with Crippen LogP contribution in [0, 0.1) is 0 Å². The van der Waals surface area contributed by atoms with Gasteiger partial charge in [0.2, 0.25) is 5.95 Å². The van der Waals surface area contributed by atoms with Gasteiger partial charge >= 0.3 is 0 Å². The highest BCUT2D eigenvalue weighted by Gasteiger charge is 2.10. The van der Waals surface area contributed by atoms with E-state index in [1.165, 1.54) is 18.6 Å². The first-order valence-electron chi connectivity index (χ1n) is 3.72. The van der Waals surface area contributed by atoms with Crippen molar-refractivity contribution in [1.82, 2.24) is 20.3 Å². The summed E-state index contributed by atoms with van der Waals surface area (Å²) in [6, 6.07) is 1.65. The van der Waals surface area contributed by atoms with Crippen LogP contribution in [0.2, 0.25) is 0 Å². The Morgan fingerprint density at radius 3 is 2.79 bits per heavy atom. The lowest BCUT2D eigenvalue weighted by Crippen LogP contribution is -2.14. The third kappa shape index (κ3) is 1.71. The largest absolute Gasteiger partial charge is 0.289 e. The van der Waals surface area contributed by atoms with Crippen molar-refractivity contribution in [1.29, 1.82) is 0 Å². The predicted molar refractivity (Wildman–Crippen MR) is 44.3 cm³/mol. The lowest BCUT2D eigenvalue weighted by molar-refractivity contribution is 0.101. The number of anilines is 1. The zero-order valence-corrected chi connectivity index (χ0v) is 6.91. The van der Waals surface area contributed by atoms with Crippen molar-refractivity contribution in [2.24, 2.45) is 0 Å². The molecule has 0 saturated heterocycles. The second kappa shape index (κ2) is 3.60. The van der Waals surface area contributed by atoms with E-state index in [2.05, 4.69) is 30.2 Å². The molecular formula is C7H5N5O2. The van der Waals surface area contributed by atoms with Crippen molar-refractivity contribution in [2.45, 2.75) is 0 Å². The van der Waals surface area contributed by atoms with Gasteiger partial charge in [0, 0.05) is 12.4 Å². The molecule has 0 fully saturated rings. The summed E-state index contributed by atoms with van der Waals surface area (Å²) >= 11 is 0. The van der Waals surface area contributed by atoms with Crippen LogP contribution in [-0.2, 0) is 0 Å². The van der Waals surface area contributed by atoms with Crippen molar-refractivity contribution in [3.63, 3.8) is 0 Å². The van der Waals surface area contributed by atoms with Gasteiger partial charge in [-0.05, 0) is 11.2 Å². The molecular weight excluding hydrogens is 186 g/mol. The van der Waals surface area contributed by atoms with Crippen LogP contribution in [0.3, 0.4) is 0 Å². The van der Waals surface area contributed by atoms with Gasteiger partial charge in [0.1, 0.15) is 6.20 Å². The van der Waals surface area contributed by atoms with Gasteiger partial charge in [0.15, 0.2) is 5.69 Å². The Labute approximate surface area is 78.1 Å². The van der Waals surface area contributed by atoms with Crippen molar-refractivity contribution in [3.8, 4) is 0 Å². The van der Waals surface area contributed by atoms with Crippen LogP contribution in [-0.4, -0.2) is 26.2 Å². The molecule has 0 aliphatic carbocycles. The molecule has 0 aliphatic rings. The molecule has 0 aliphatic heterocycles. The fourth-order valence-corrected chi connectivity index (χ4v) is 0.794. The molecule has 7 nitrogen and oxygen atoms in total. The van der Waals surface area contributed by atoms with E-state index in [1.54, 1.807) is 6.07 Å². The predicted octanol–water partition coefficient (Wildman–Crippen LogP) is 0.112. The second-order valence-corrected chi connectivity index (χ2v) is 2.32. The molecule has 0 atom stereocenters. The third-order valence-electron chi connectivity index (χ3n) is 1.39. The van der Waals surface area contributed by atoms with Crippen LogP contribution < -0.4 is 5.32 Å². The van der Waals surface area contributed by atoms with Crippen LogP contribution in [0.15, 0.2) is 29.3 Å². The van der Waals surface area contributed by atoms with E-state index in [-0.39, 0.29) is 11.6 Å². The Balaban J connectivity index is 2.10. The summed E-state index contributed by atoms with van der Waals surface area (Å²) in [7, 11) is 0. The molecule has 0 bridgehead atoms. The second-order valence-electron chi connectivity index (χ2n) is 2.32. The van der Waals surface area contributed by atoms with Crippen molar-refractivity contribution in [2.75, 3.05) is 5.32 Å². The highest BCUT2D eigenvalue weighted by Crippen LogP contribution is 1.98. The average molecular weight is 191 g/mol. The van der Waals surface area contributed by atoms with E-state index in [4.69, 9.17) is 0 Å². The summed E-state index contributed by atoms with van der Waals surface area (Å²) in [6.45, 7) is 0. The number of carbonyl (C=O) groups excluding carboxylic acids is 1. The number of amides is 1. The van der Waals surface area contributed by atoms with Gasteiger partial charge < -0.3 is 0 Å². The summed E-state index contributed by atoms with van der Waals surface area (Å²) < 4.78 is 4.27. The molecule has 2 rings (SSSR count). The van der Waals surface area contributed by atoms with Crippen LogP contribution in [0.1, 0.15) is 10.5 Å². The lowest BCUT2D eigenvalue weighted by atomic mass is 10.4. The number of aromatic nitrogens is 4. The standard InChI is InChI=1S/C7H5N5O2/c13-6(5-4-10-14-12-5)11-7-8-2-1-3-9-7/h1-4H,(H,8,9,11,13). The van der Waals surface area contributed by atoms with Gasteiger partial charge in [-0.3, -0.25) is 10.1 Å². The first-order valence-corrected chi connectivity index (χ1v) is 3.72. The van der Waals surface area contributed by atoms with E-state index in [0.717, 1.165) is 0 Å². The zero-order valence-electron chi connectivity index (χ0n) is 6.91. The Morgan fingerprint density at radius 1 is 1.36 bits per heavy atom. The van der Waals surface area contributed by atoms with Crippen LogP contribution >= 0.6 is 0 Å². The van der Waals surface area contributed by atoms with E-state index in [9.17, 15) is 4.79 Å². The van der Waals surface area contributed by atoms with Crippen LogP contribution in [0.5, 0.6) is 0 Å². The Morgan fingerprint density at radius 2 is 2.14 bits per heavy atom. The maximum Gasteiger partial charge on any atom is 0.281 e. The molecule has 2 aromatic rings. The minimum absolute atomic E-state index is 0.0810. The smallest absolute Gasteiger partial charge is 0.281 e. The SMILES string of the molecule is O=C(Nc1ncccn1)c1cnon1. The summed E-state index contributed by atoms with van der Waals surface area (Å²) in [4.78, 5) is 18.9. The van der Waals surface area contributed by atoms with Crippen molar-refractivity contribution in [3.05, 3.63) is 30.4 Å². The Bertz CT molecular complexity index is 413. The number of hydrogen-bond acceptors (Lipinski definition) is 6. The van der Waals surface area contributed by atoms with Crippen LogP contribution in [0.4, 0.5) is 5.95 Å². The fraction of sp³-hybridized carbons (Fsp3) is 0. The number of nitrogens with zero attached hydrogens (tertiary/aromatic N) is 4. The summed E-state index contributed by atoms with van der Waals surface area (Å²) in [6.07, 6.45) is 4.24. The quantitative estimate of drug-likeness (QED) is 0.724. The van der Waals surface area contributed by atoms with Gasteiger partial charge in [-0.25, -0.2) is 14.6 Å². The number of nitrogens with one attached hydrogen (secondary N) is 1. The Kier molecular flexibility index (Phi) is 2.14. The molecule has 2 aromatic heterocycles. The van der Waals surface area contributed by atoms with Gasteiger partial charge in [-0.1, -0.05) is 5.16 Å². The zero-order chi connectivity index (χ0) is 9.80. The molecule has 1 amide bonds. The van der Waals surface area contributed by atoms with Gasteiger partial charge in [0.05, 0.1) is 0 Å². The molecule has 0 saturated carbocycles. The monoisotopic (exact) mass is 191 g/mol. The number of rotatable bonds is 2. The van der Waals surface area contributed by atoms with E-state index in [0.29, 0.717) is 0 Å².